The molecule has 12 nitrogen and oxygen atoms in total. The number of Topliss-reactive ketones (excluding diaryl/α,β-unsaturated/α-hetero) is 1. The van der Waals surface area contributed by atoms with E-state index in [4.69, 9.17) is 11.7 Å². The Morgan fingerprint density at radius 1 is 1.27 bits per heavy atom. The first-order chi connectivity index (χ1) is 17.5. The minimum atomic E-state index is -1.10. The van der Waals surface area contributed by atoms with Gasteiger partial charge in [0.05, 0.1) is 42.1 Å². The summed E-state index contributed by atoms with van der Waals surface area (Å²) in [6.45, 7) is 4.36. The lowest BCUT2D eigenvalue weighted by molar-refractivity contribution is -0.132. The highest BCUT2D eigenvalue weighted by Crippen LogP contribution is 2.39. The van der Waals surface area contributed by atoms with E-state index in [0.29, 0.717) is 28.2 Å². The lowest BCUT2D eigenvalue weighted by Gasteiger charge is -2.29. The Morgan fingerprint density at radius 3 is 2.68 bits per heavy atom. The number of rotatable bonds is 7. The number of aromatic nitrogens is 2. The molecule has 2 aromatic heterocycles. The van der Waals surface area contributed by atoms with Gasteiger partial charge in [-0.15, -0.1) is 0 Å². The van der Waals surface area contributed by atoms with Crippen molar-refractivity contribution in [2.24, 2.45) is 11.0 Å². The topological polar surface area (TPSA) is 169 Å². The molecule has 1 aliphatic heterocycles. The van der Waals surface area contributed by atoms with Crippen LogP contribution in [0.15, 0.2) is 47.4 Å². The van der Waals surface area contributed by atoms with Gasteiger partial charge in [-0.2, -0.15) is 4.91 Å². The number of fused-ring (bicyclic) bond motifs is 1. The molecule has 0 saturated heterocycles. The molecule has 2 aliphatic rings. The first-order valence-corrected chi connectivity index (χ1v) is 11.9. The van der Waals surface area contributed by atoms with E-state index in [1.54, 1.807) is 26.0 Å². The number of nitrogens with one attached hydrogen (secondary N) is 1. The number of anilines is 2. The van der Waals surface area contributed by atoms with Crippen LogP contribution in [0.25, 0.3) is 11.3 Å². The minimum absolute atomic E-state index is 0.0727. The van der Waals surface area contributed by atoms with Crippen LogP contribution in [0.2, 0.25) is 0 Å². The lowest BCUT2D eigenvalue weighted by atomic mass is 9.98. The number of nitroso groups, excluding NO2 is 1. The van der Waals surface area contributed by atoms with Crippen LogP contribution in [0.3, 0.4) is 0 Å². The van der Waals surface area contributed by atoms with Crippen LogP contribution in [0.5, 0.6) is 0 Å². The molecule has 5 N–H and O–H groups in total. The maximum absolute atomic E-state index is 13.4. The van der Waals surface area contributed by atoms with Gasteiger partial charge in [-0.1, -0.05) is 17.3 Å². The van der Waals surface area contributed by atoms with Gasteiger partial charge in [-0.25, -0.2) is 15.8 Å². The zero-order chi connectivity index (χ0) is 26.9. The van der Waals surface area contributed by atoms with Crippen molar-refractivity contribution in [2.45, 2.75) is 52.1 Å². The molecule has 3 heterocycles. The summed E-state index contributed by atoms with van der Waals surface area (Å²) >= 11 is 0. The molecule has 0 fully saturated rings. The van der Waals surface area contributed by atoms with Crippen molar-refractivity contribution in [2.75, 3.05) is 22.7 Å². The van der Waals surface area contributed by atoms with Crippen LogP contribution in [-0.2, 0) is 16.1 Å². The number of hydrogen-bond donors (Lipinski definition) is 3. The van der Waals surface area contributed by atoms with E-state index in [9.17, 15) is 19.3 Å². The summed E-state index contributed by atoms with van der Waals surface area (Å²) in [5.74, 6) is 11.6. The average Bonchev–Trinajstić information content (AvgIpc) is 3.15. The van der Waals surface area contributed by atoms with Gasteiger partial charge in [0.15, 0.2) is 5.78 Å². The van der Waals surface area contributed by atoms with Crippen molar-refractivity contribution >= 4 is 29.1 Å². The van der Waals surface area contributed by atoms with Crippen LogP contribution in [0.1, 0.15) is 56.1 Å². The van der Waals surface area contributed by atoms with E-state index in [1.807, 2.05) is 18.2 Å². The SMILES string of the molecule is CC(=O)N(N)c1cc(-c2c(NC3=CCCC=C3)c3c(n2N)CN(C(=O)CC(C)(C)N=O)CC3=O)ccn1. The largest absolute Gasteiger partial charge is 0.353 e. The smallest absolute Gasteiger partial charge is 0.239 e. The number of hydrazine groups is 1. The molecule has 194 valence electrons. The van der Waals surface area contributed by atoms with Gasteiger partial charge in [0, 0.05) is 24.4 Å². The summed E-state index contributed by atoms with van der Waals surface area (Å²) in [6, 6.07) is 3.30. The molecule has 0 unspecified atom stereocenters. The van der Waals surface area contributed by atoms with Gasteiger partial charge in [0.25, 0.3) is 0 Å². The molecule has 0 aromatic carbocycles. The third-order valence-corrected chi connectivity index (χ3v) is 6.31. The first kappa shape index (κ1) is 25.8. The van der Waals surface area contributed by atoms with Gasteiger partial charge in [-0.3, -0.25) is 19.1 Å². The van der Waals surface area contributed by atoms with Crippen molar-refractivity contribution in [3.63, 3.8) is 0 Å². The molecule has 0 radical (unpaired) electrons. The Morgan fingerprint density at radius 2 is 2.03 bits per heavy atom. The number of pyridine rings is 1. The molecule has 4 rings (SSSR count). The third-order valence-electron chi connectivity index (χ3n) is 6.31. The normalized spacial score (nSPS) is 15.2. The van der Waals surface area contributed by atoms with Crippen LogP contribution in [0.4, 0.5) is 11.5 Å². The molecule has 0 saturated carbocycles. The second kappa shape index (κ2) is 9.97. The van der Waals surface area contributed by atoms with Crippen molar-refractivity contribution in [1.82, 2.24) is 14.6 Å². The Kier molecular flexibility index (Phi) is 6.94. The Balaban J connectivity index is 1.82. The van der Waals surface area contributed by atoms with Crippen LogP contribution in [-0.4, -0.2) is 44.2 Å². The van der Waals surface area contributed by atoms with Crippen molar-refractivity contribution < 1.29 is 14.4 Å². The van der Waals surface area contributed by atoms with Gasteiger partial charge in [0.2, 0.25) is 11.8 Å². The molecule has 1 aliphatic carbocycles. The highest BCUT2D eigenvalue weighted by atomic mass is 16.3. The summed E-state index contributed by atoms with van der Waals surface area (Å²) in [7, 11) is 0. The van der Waals surface area contributed by atoms with E-state index in [2.05, 4.69) is 15.5 Å². The summed E-state index contributed by atoms with van der Waals surface area (Å²) in [5.41, 5.74) is 2.07. The van der Waals surface area contributed by atoms with E-state index >= 15 is 0 Å². The van der Waals surface area contributed by atoms with E-state index in [1.165, 1.54) is 22.7 Å². The Bertz CT molecular complexity index is 1340. The summed E-state index contributed by atoms with van der Waals surface area (Å²) in [6.07, 6.45) is 9.11. The fraction of sp³-hybridized carbons (Fsp3) is 0.360. The fourth-order valence-corrected chi connectivity index (χ4v) is 4.39. The molecule has 2 amide bonds. The Hall–Kier alpha value is -4.32. The van der Waals surface area contributed by atoms with Crippen molar-refractivity contribution in [3.8, 4) is 11.3 Å². The van der Waals surface area contributed by atoms with E-state index in [-0.39, 0.29) is 37.0 Å². The van der Waals surface area contributed by atoms with Gasteiger partial charge in [0.1, 0.15) is 11.4 Å². The number of nitrogen functional groups attached to an aromatic ring is 1. The minimum Gasteiger partial charge on any atom is -0.353 e. The van der Waals surface area contributed by atoms with Gasteiger partial charge < -0.3 is 16.1 Å². The third kappa shape index (κ3) is 5.14. The van der Waals surface area contributed by atoms with Crippen molar-refractivity contribution in [3.05, 3.63) is 58.4 Å². The van der Waals surface area contributed by atoms with Crippen LogP contribution in [0, 0.1) is 4.91 Å². The number of carbonyl (C=O) groups excluding carboxylic acids is 3. The number of amides is 2. The number of nitrogens with zero attached hydrogens (tertiary/aromatic N) is 5. The summed E-state index contributed by atoms with van der Waals surface area (Å²) < 4.78 is 1.37. The number of nitrogens with two attached hydrogens (primary N) is 2. The average molecular weight is 507 g/mol. The number of carbonyl (C=O) groups is 3. The molecular formula is C25H30N8O4. The summed E-state index contributed by atoms with van der Waals surface area (Å²) in [4.78, 5) is 54.8. The molecule has 37 heavy (non-hydrogen) atoms. The quantitative estimate of drug-likeness (QED) is 0.223. The number of allylic oxidation sites excluding steroid dienone is 3. The fourth-order valence-electron chi connectivity index (χ4n) is 4.39. The monoisotopic (exact) mass is 506 g/mol. The maximum Gasteiger partial charge on any atom is 0.239 e. The lowest BCUT2D eigenvalue weighted by Crippen LogP contribution is -2.42. The molecule has 0 bridgehead atoms. The second-order valence-electron chi connectivity index (χ2n) is 9.72. The highest BCUT2D eigenvalue weighted by molar-refractivity contribution is 6.09. The highest BCUT2D eigenvalue weighted by Gasteiger charge is 2.37. The van der Waals surface area contributed by atoms with E-state index < -0.39 is 11.4 Å². The molecule has 0 spiro atoms. The number of hydrogen-bond acceptors (Lipinski definition) is 9. The first-order valence-electron chi connectivity index (χ1n) is 11.9. The number of ketones is 1. The molecular weight excluding hydrogens is 476 g/mol. The zero-order valence-corrected chi connectivity index (χ0v) is 21.0. The maximum atomic E-state index is 13.4. The summed E-state index contributed by atoms with van der Waals surface area (Å²) in [5, 5.41) is 7.28. The molecule has 0 atom stereocenters. The predicted octanol–water partition coefficient (Wildman–Crippen LogP) is 2.60. The van der Waals surface area contributed by atoms with Crippen LogP contribution >= 0.6 is 0 Å². The Labute approximate surface area is 213 Å². The molecule has 12 heteroatoms. The zero-order valence-electron chi connectivity index (χ0n) is 21.0. The van der Waals surface area contributed by atoms with Crippen molar-refractivity contribution in [1.29, 1.82) is 0 Å². The second-order valence-corrected chi connectivity index (χ2v) is 9.72. The standard InChI is InChI=1S/C25H30N8O4/c1-15(34)32(26)20-11-16(9-10-28-20)24-23(29-17-7-5-4-6-8-17)22-18(33(24)27)13-31(14-19(22)35)21(36)12-25(2,3)30-37/h5,7-11,29H,4,6,12-14,26-27H2,1-3H3. The van der Waals surface area contributed by atoms with E-state index in [0.717, 1.165) is 23.5 Å². The van der Waals surface area contributed by atoms with Crippen LogP contribution < -0.4 is 22.0 Å². The molecule has 2 aromatic rings. The van der Waals surface area contributed by atoms with Gasteiger partial charge in [-0.05, 0) is 44.9 Å². The predicted molar refractivity (Wildman–Crippen MR) is 139 cm³/mol. The van der Waals surface area contributed by atoms with Gasteiger partial charge >= 0.3 is 0 Å².